The highest BCUT2D eigenvalue weighted by Gasteiger charge is 2.21. The van der Waals surface area contributed by atoms with Crippen molar-refractivity contribution in [3.63, 3.8) is 0 Å². The van der Waals surface area contributed by atoms with Crippen molar-refractivity contribution in [3.8, 4) is 6.07 Å². The van der Waals surface area contributed by atoms with Crippen LogP contribution in [0.2, 0.25) is 0 Å². The lowest BCUT2D eigenvalue weighted by Gasteiger charge is -2.16. The number of amides is 2. The van der Waals surface area contributed by atoms with Gasteiger partial charge in [-0.15, -0.1) is 0 Å². The molecule has 0 aliphatic heterocycles. The molecule has 0 radical (unpaired) electrons. The Hall–Kier alpha value is -4.05. The van der Waals surface area contributed by atoms with Crippen molar-refractivity contribution in [1.29, 1.82) is 5.26 Å². The van der Waals surface area contributed by atoms with Crippen LogP contribution in [0.25, 0.3) is 0 Å². The molecule has 0 unspecified atom stereocenters. The average molecular weight is 402 g/mol. The number of aromatic nitrogens is 1. The minimum atomic E-state index is -0.746. The predicted molar refractivity (Wildman–Crippen MR) is 112 cm³/mol. The highest BCUT2D eigenvalue weighted by Crippen LogP contribution is 2.24. The molecular formula is C23H19FN4O2. The van der Waals surface area contributed by atoms with E-state index in [1.165, 1.54) is 18.3 Å². The van der Waals surface area contributed by atoms with E-state index < -0.39 is 23.0 Å². The molecule has 2 N–H and O–H groups in total. The largest absolute Gasteiger partial charge is 0.322 e. The first-order valence-corrected chi connectivity index (χ1v) is 9.14. The van der Waals surface area contributed by atoms with Crippen molar-refractivity contribution in [2.75, 3.05) is 10.6 Å². The number of nitrogens with one attached hydrogen (secondary N) is 2. The molecule has 0 spiro atoms. The molecular weight excluding hydrogens is 383 g/mol. The molecule has 0 fully saturated rings. The third kappa shape index (κ3) is 4.67. The molecule has 2 aromatic carbocycles. The zero-order valence-corrected chi connectivity index (χ0v) is 16.4. The van der Waals surface area contributed by atoms with E-state index in [9.17, 15) is 19.2 Å². The van der Waals surface area contributed by atoms with Crippen molar-refractivity contribution < 1.29 is 14.0 Å². The summed E-state index contributed by atoms with van der Waals surface area (Å²) in [5.41, 5.74) is 0.783. The van der Waals surface area contributed by atoms with Crippen LogP contribution < -0.4 is 10.6 Å². The second kappa shape index (κ2) is 8.53. The van der Waals surface area contributed by atoms with Gasteiger partial charge in [0.15, 0.2) is 0 Å². The van der Waals surface area contributed by atoms with E-state index in [0.29, 0.717) is 16.8 Å². The van der Waals surface area contributed by atoms with Crippen LogP contribution in [0, 0.1) is 17.1 Å². The number of halogens is 1. The number of carbonyl (C=O) groups excluding carboxylic acids is 2. The molecule has 0 bridgehead atoms. The van der Waals surface area contributed by atoms with Gasteiger partial charge >= 0.3 is 0 Å². The first kappa shape index (κ1) is 20.7. The van der Waals surface area contributed by atoms with Crippen molar-refractivity contribution >= 4 is 23.2 Å². The van der Waals surface area contributed by atoms with Gasteiger partial charge in [-0.1, -0.05) is 12.1 Å². The lowest BCUT2D eigenvalue weighted by atomic mass is 9.85. The summed E-state index contributed by atoms with van der Waals surface area (Å²) >= 11 is 0. The molecule has 7 heteroatoms. The number of nitrogens with zero attached hydrogens (tertiary/aromatic N) is 2. The number of carbonyl (C=O) groups is 2. The fourth-order valence-electron chi connectivity index (χ4n) is 2.73. The summed E-state index contributed by atoms with van der Waals surface area (Å²) in [6, 6.07) is 15.9. The molecule has 1 aromatic heterocycles. The Labute approximate surface area is 173 Å². The van der Waals surface area contributed by atoms with E-state index >= 15 is 0 Å². The average Bonchev–Trinajstić information content (AvgIpc) is 2.75. The van der Waals surface area contributed by atoms with Crippen LogP contribution in [0.3, 0.4) is 0 Å². The number of anilines is 2. The van der Waals surface area contributed by atoms with Crippen LogP contribution >= 0.6 is 0 Å². The summed E-state index contributed by atoms with van der Waals surface area (Å²) in [6.07, 6.45) is 3.00. The third-order valence-electron chi connectivity index (χ3n) is 4.51. The van der Waals surface area contributed by atoms with E-state index in [2.05, 4.69) is 21.7 Å². The Kier molecular flexibility index (Phi) is 5.88. The van der Waals surface area contributed by atoms with E-state index in [1.807, 2.05) is 0 Å². The number of hydrogen-bond donors (Lipinski definition) is 2. The minimum absolute atomic E-state index is 0.212. The maximum atomic E-state index is 14.2. The van der Waals surface area contributed by atoms with Crippen LogP contribution in [0.4, 0.5) is 15.8 Å². The quantitative estimate of drug-likeness (QED) is 0.656. The Morgan fingerprint density at radius 3 is 2.47 bits per heavy atom. The van der Waals surface area contributed by atoms with Gasteiger partial charge in [0, 0.05) is 17.4 Å². The Balaban J connectivity index is 1.80. The summed E-state index contributed by atoms with van der Waals surface area (Å²) in [5.74, 6) is -1.81. The predicted octanol–water partition coefficient (Wildman–Crippen LogP) is 4.53. The SMILES string of the molecule is CC(C)(C#N)c1cccc(C(=O)Nc2ccc(F)c(C(=O)Nc3cccnc3)c2)c1. The van der Waals surface area contributed by atoms with Gasteiger partial charge in [0.2, 0.25) is 0 Å². The van der Waals surface area contributed by atoms with E-state index in [1.54, 1.807) is 56.4 Å². The Bertz CT molecular complexity index is 1140. The topological polar surface area (TPSA) is 94.9 Å². The van der Waals surface area contributed by atoms with E-state index in [0.717, 1.165) is 6.07 Å². The van der Waals surface area contributed by atoms with Gasteiger partial charge in [-0.25, -0.2) is 4.39 Å². The number of pyridine rings is 1. The number of rotatable bonds is 5. The van der Waals surface area contributed by atoms with Gasteiger partial charge in [-0.3, -0.25) is 14.6 Å². The molecule has 0 aliphatic rings. The van der Waals surface area contributed by atoms with Crippen LogP contribution in [0.1, 0.15) is 40.1 Å². The maximum absolute atomic E-state index is 14.2. The second-order valence-corrected chi connectivity index (χ2v) is 7.16. The van der Waals surface area contributed by atoms with Gasteiger partial charge in [-0.05, 0) is 61.9 Å². The molecule has 0 saturated carbocycles. The standard InChI is InChI=1S/C23H19FN4O2/c1-23(2,14-25)16-6-3-5-15(11-16)21(29)27-17-8-9-20(24)19(12-17)22(30)28-18-7-4-10-26-13-18/h3-13H,1-2H3,(H,27,29)(H,28,30). The Morgan fingerprint density at radius 1 is 1.00 bits per heavy atom. The normalized spacial score (nSPS) is 10.7. The molecule has 2 amide bonds. The third-order valence-corrected chi connectivity index (χ3v) is 4.51. The lowest BCUT2D eigenvalue weighted by Crippen LogP contribution is -2.18. The highest BCUT2D eigenvalue weighted by molar-refractivity contribution is 6.07. The van der Waals surface area contributed by atoms with Gasteiger partial charge in [0.05, 0.1) is 28.9 Å². The molecule has 30 heavy (non-hydrogen) atoms. The van der Waals surface area contributed by atoms with Crippen molar-refractivity contribution in [2.45, 2.75) is 19.3 Å². The molecule has 3 rings (SSSR count). The molecule has 3 aromatic rings. The van der Waals surface area contributed by atoms with E-state index in [4.69, 9.17) is 0 Å². The molecule has 150 valence electrons. The van der Waals surface area contributed by atoms with Gasteiger partial charge in [0.25, 0.3) is 11.8 Å². The monoisotopic (exact) mass is 402 g/mol. The fraction of sp³-hybridized carbons (Fsp3) is 0.130. The zero-order valence-electron chi connectivity index (χ0n) is 16.4. The first-order chi connectivity index (χ1) is 14.3. The van der Waals surface area contributed by atoms with Crippen LogP contribution in [0.15, 0.2) is 67.0 Å². The van der Waals surface area contributed by atoms with Crippen LogP contribution in [-0.4, -0.2) is 16.8 Å². The number of benzene rings is 2. The molecule has 0 atom stereocenters. The van der Waals surface area contributed by atoms with Crippen molar-refractivity contribution in [3.05, 3.63) is 89.5 Å². The van der Waals surface area contributed by atoms with Crippen LogP contribution in [-0.2, 0) is 5.41 Å². The summed E-state index contributed by atoms with van der Waals surface area (Å²) < 4.78 is 14.2. The van der Waals surface area contributed by atoms with E-state index in [-0.39, 0.29) is 11.3 Å². The summed E-state index contributed by atoms with van der Waals surface area (Å²) in [4.78, 5) is 28.9. The minimum Gasteiger partial charge on any atom is -0.322 e. The summed E-state index contributed by atoms with van der Waals surface area (Å²) in [6.45, 7) is 3.52. The van der Waals surface area contributed by atoms with Gasteiger partial charge in [-0.2, -0.15) is 5.26 Å². The summed E-state index contributed by atoms with van der Waals surface area (Å²) in [7, 11) is 0. The number of nitriles is 1. The number of hydrogen-bond acceptors (Lipinski definition) is 4. The smallest absolute Gasteiger partial charge is 0.258 e. The highest BCUT2D eigenvalue weighted by atomic mass is 19.1. The lowest BCUT2D eigenvalue weighted by molar-refractivity contribution is 0.101. The fourth-order valence-corrected chi connectivity index (χ4v) is 2.73. The molecule has 0 aliphatic carbocycles. The van der Waals surface area contributed by atoms with Crippen LogP contribution in [0.5, 0.6) is 0 Å². The Morgan fingerprint density at radius 2 is 1.77 bits per heavy atom. The first-order valence-electron chi connectivity index (χ1n) is 9.14. The summed E-state index contributed by atoms with van der Waals surface area (Å²) in [5, 5.41) is 14.5. The van der Waals surface area contributed by atoms with Crippen molar-refractivity contribution in [1.82, 2.24) is 4.98 Å². The molecule has 0 saturated heterocycles. The van der Waals surface area contributed by atoms with Gasteiger partial charge in [0.1, 0.15) is 5.82 Å². The zero-order chi connectivity index (χ0) is 21.7. The second-order valence-electron chi connectivity index (χ2n) is 7.16. The van der Waals surface area contributed by atoms with Crippen molar-refractivity contribution in [2.24, 2.45) is 0 Å². The molecule has 1 heterocycles. The van der Waals surface area contributed by atoms with Gasteiger partial charge < -0.3 is 10.6 Å². The maximum Gasteiger partial charge on any atom is 0.258 e. The molecule has 6 nitrogen and oxygen atoms in total.